The van der Waals surface area contributed by atoms with Gasteiger partial charge in [0.25, 0.3) is 0 Å². The molecule has 0 saturated carbocycles. The van der Waals surface area contributed by atoms with Crippen molar-refractivity contribution in [1.29, 1.82) is 0 Å². The lowest BCUT2D eigenvalue weighted by Gasteiger charge is -2.33. The second kappa shape index (κ2) is 14.9. The molecular weight excluding hydrogens is 697 g/mol. The molecule has 0 fully saturated rings. The highest BCUT2D eigenvalue weighted by Crippen LogP contribution is 2.57. The van der Waals surface area contributed by atoms with Gasteiger partial charge in [-0.15, -0.1) is 0 Å². The van der Waals surface area contributed by atoms with E-state index in [1.807, 2.05) is 0 Å². The largest absolute Gasteiger partial charge is 0.0654 e. The van der Waals surface area contributed by atoms with Crippen molar-refractivity contribution in [2.75, 3.05) is 0 Å². The number of benzene rings is 8. The Morgan fingerprint density at radius 1 is 0.362 bits per heavy atom. The van der Waals surface area contributed by atoms with E-state index >= 15 is 0 Å². The summed E-state index contributed by atoms with van der Waals surface area (Å²) in [6, 6.07) is 63.0. The van der Waals surface area contributed by atoms with Gasteiger partial charge >= 0.3 is 0 Å². The van der Waals surface area contributed by atoms with Crippen LogP contribution in [0.2, 0.25) is 0 Å². The van der Waals surface area contributed by atoms with Gasteiger partial charge < -0.3 is 0 Å². The first-order valence-corrected chi connectivity index (χ1v) is 22.1. The van der Waals surface area contributed by atoms with Crippen molar-refractivity contribution in [2.24, 2.45) is 0 Å². The molecule has 1 unspecified atom stereocenters. The van der Waals surface area contributed by atoms with Gasteiger partial charge in [-0.25, -0.2) is 0 Å². The summed E-state index contributed by atoms with van der Waals surface area (Å²) in [5.41, 5.74) is 18.0. The van der Waals surface area contributed by atoms with Crippen LogP contribution in [0.1, 0.15) is 106 Å². The summed E-state index contributed by atoms with van der Waals surface area (Å²) in [5.74, 6) is 0. The second-order valence-corrected chi connectivity index (χ2v) is 17.1. The molecule has 0 N–H and O–H groups in total. The maximum atomic E-state index is 2.63. The molecule has 0 amide bonds. The molecule has 8 aromatic rings. The van der Waals surface area contributed by atoms with E-state index in [1.165, 1.54) is 134 Å². The molecule has 0 heteroatoms. The Labute approximate surface area is 345 Å². The molecule has 2 aliphatic carbocycles. The van der Waals surface area contributed by atoms with E-state index in [2.05, 4.69) is 185 Å². The van der Waals surface area contributed by atoms with E-state index in [0.717, 1.165) is 6.42 Å². The summed E-state index contributed by atoms with van der Waals surface area (Å²) >= 11 is 0. The van der Waals surface area contributed by atoms with Gasteiger partial charge in [-0.05, 0) is 125 Å². The third kappa shape index (κ3) is 5.48. The maximum Gasteiger partial charge on any atom is 0.0461 e. The molecule has 0 heterocycles. The van der Waals surface area contributed by atoms with Crippen molar-refractivity contribution in [3.63, 3.8) is 0 Å². The van der Waals surface area contributed by atoms with Crippen molar-refractivity contribution < 1.29 is 0 Å². The second-order valence-electron chi connectivity index (χ2n) is 17.1. The SMILES string of the molecule is CCCCCC1(CCCCC)c2ccccc2-c2ccc(-c3c4ccccc4c(-c4ccc5c(c4)C(CC)(c4ccccc4)c4ccccc4-5)c4ccccc34)cc21. The molecule has 1 atom stereocenters. The third-order valence-electron chi connectivity index (χ3n) is 14.1. The van der Waals surface area contributed by atoms with Gasteiger partial charge in [-0.3, -0.25) is 0 Å². The quantitative estimate of drug-likeness (QED) is 0.0862. The van der Waals surface area contributed by atoms with E-state index < -0.39 is 0 Å². The predicted octanol–water partition coefficient (Wildman–Crippen LogP) is 16.5. The minimum Gasteiger partial charge on any atom is -0.0654 e. The molecule has 10 rings (SSSR count). The molecule has 0 nitrogen and oxygen atoms in total. The zero-order valence-corrected chi connectivity index (χ0v) is 34.5. The molecule has 58 heavy (non-hydrogen) atoms. The van der Waals surface area contributed by atoms with Crippen LogP contribution in [0, 0.1) is 0 Å². The summed E-state index contributed by atoms with van der Waals surface area (Å²) in [4.78, 5) is 0. The van der Waals surface area contributed by atoms with Crippen molar-refractivity contribution >= 4 is 21.5 Å². The van der Waals surface area contributed by atoms with Gasteiger partial charge in [-0.2, -0.15) is 0 Å². The summed E-state index contributed by atoms with van der Waals surface area (Å²) < 4.78 is 0. The summed E-state index contributed by atoms with van der Waals surface area (Å²) in [6.07, 6.45) is 11.0. The standard InChI is InChI=1S/C58H54/c1-4-7-20-36-57(37-21-8-5-2)51-30-18-16-24-43(51)45-34-32-40(38-53(45)57)55-47-26-12-14-28-49(47)56(50-29-15-13-27-48(50)55)41-33-35-46-44-25-17-19-31-52(44)58(6-3,54(46)39-41)42-22-10-9-11-23-42/h9-19,22-35,38-39H,4-8,20-21,36-37H2,1-3H3. The molecule has 0 radical (unpaired) electrons. The van der Waals surface area contributed by atoms with E-state index in [9.17, 15) is 0 Å². The Kier molecular flexibility index (Phi) is 9.40. The first kappa shape index (κ1) is 36.6. The van der Waals surface area contributed by atoms with Crippen LogP contribution in [-0.2, 0) is 10.8 Å². The molecule has 0 bridgehead atoms. The van der Waals surface area contributed by atoms with E-state index in [1.54, 1.807) is 11.1 Å². The van der Waals surface area contributed by atoms with Gasteiger partial charge in [0.2, 0.25) is 0 Å². The van der Waals surface area contributed by atoms with Crippen molar-refractivity contribution in [1.82, 2.24) is 0 Å². The maximum absolute atomic E-state index is 2.63. The van der Waals surface area contributed by atoms with Crippen LogP contribution >= 0.6 is 0 Å². The summed E-state index contributed by atoms with van der Waals surface area (Å²) in [7, 11) is 0. The molecule has 8 aromatic carbocycles. The average molecular weight is 751 g/mol. The van der Waals surface area contributed by atoms with Gasteiger partial charge in [0.15, 0.2) is 0 Å². The summed E-state index contributed by atoms with van der Waals surface area (Å²) in [6.45, 7) is 7.04. The number of fused-ring (bicyclic) bond motifs is 8. The normalized spacial score (nSPS) is 16.0. The van der Waals surface area contributed by atoms with Crippen LogP contribution in [0.5, 0.6) is 0 Å². The molecule has 0 saturated heterocycles. The first-order valence-electron chi connectivity index (χ1n) is 22.1. The molecular formula is C58H54. The fourth-order valence-corrected chi connectivity index (χ4v) is 11.5. The zero-order valence-electron chi connectivity index (χ0n) is 34.5. The minimum absolute atomic E-state index is 0.0460. The Hall–Kier alpha value is -5.72. The van der Waals surface area contributed by atoms with Crippen molar-refractivity contribution in [3.05, 3.63) is 192 Å². The van der Waals surface area contributed by atoms with Crippen LogP contribution < -0.4 is 0 Å². The predicted molar refractivity (Wildman–Crippen MR) is 249 cm³/mol. The van der Waals surface area contributed by atoms with Gasteiger partial charge in [0.1, 0.15) is 0 Å². The Balaban J connectivity index is 1.20. The number of rotatable bonds is 12. The monoisotopic (exact) mass is 750 g/mol. The van der Waals surface area contributed by atoms with Crippen LogP contribution in [0.4, 0.5) is 0 Å². The van der Waals surface area contributed by atoms with Crippen molar-refractivity contribution in [2.45, 2.75) is 89.4 Å². The van der Waals surface area contributed by atoms with Gasteiger partial charge in [0.05, 0.1) is 0 Å². The van der Waals surface area contributed by atoms with E-state index in [4.69, 9.17) is 0 Å². The molecule has 0 spiro atoms. The number of hydrogen-bond donors (Lipinski definition) is 0. The van der Waals surface area contributed by atoms with Crippen LogP contribution in [0.25, 0.3) is 66.1 Å². The fourth-order valence-electron chi connectivity index (χ4n) is 11.5. The lowest BCUT2D eigenvalue weighted by atomic mass is 9.70. The van der Waals surface area contributed by atoms with Crippen molar-refractivity contribution in [3.8, 4) is 44.5 Å². The van der Waals surface area contributed by atoms with Crippen LogP contribution in [0.15, 0.2) is 164 Å². The Morgan fingerprint density at radius 3 is 1.33 bits per heavy atom. The Bertz CT molecular complexity index is 2730. The molecule has 0 aromatic heterocycles. The summed E-state index contributed by atoms with van der Waals surface area (Å²) in [5, 5.41) is 5.27. The first-order chi connectivity index (χ1) is 28.6. The number of hydrogen-bond acceptors (Lipinski definition) is 0. The smallest absolute Gasteiger partial charge is 0.0461 e. The highest BCUT2D eigenvalue weighted by atomic mass is 14.5. The third-order valence-corrected chi connectivity index (χ3v) is 14.1. The lowest BCUT2D eigenvalue weighted by Crippen LogP contribution is -2.25. The highest BCUT2D eigenvalue weighted by molar-refractivity contribution is 6.21. The molecule has 0 aliphatic heterocycles. The number of unbranched alkanes of at least 4 members (excludes halogenated alkanes) is 4. The lowest BCUT2D eigenvalue weighted by molar-refractivity contribution is 0.405. The minimum atomic E-state index is -0.211. The van der Waals surface area contributed by atoms with Crippen LogP contribution in [-0.4, -0.2) is 0 Å². The highest BCUT2D eigenvalue weighted by Gasteiger charge is 2.44. The molecule has 2 aliphatic rings. The van der Waals surface area contributed by atoms with Crippen LogP contribution in [0.3, 0.4) is 0 Å². The average Bonchev–Trinajstić information content (AvgIpc) is 3.72. The topological polar surface area (TPSA) is 0 Å². The Morgan fingerprint density at radius 2 is 0.793 bits per heavy atom. The van der Waals surface area contributed by atoms with Gasteiger partial charge in [0, 0.05) is 10.8 Å². The van der Waals surface area contributed by atoms with E-state index in [0.29, 0.717) is 0 Å². The van der Waals surface area contributed by atoms with Gasteiger partial charge in [-0.1, -0.05) is 211 Å². The van der Waals surface area contributed by atoms with E-state index in [-0.39, 0.29) is 10.8 Å². The fraction of sp³-hybridized carbons (Fsp3) is 0.241. The molecule has 286 valence electrons. The zero-order chi connectivity index (χ0) is 39.3.